The Balaban J connectivity index is 1.92. The lowest BCUT2D eigenvalue weighted by atomic mass is 9.99. The van der Waals surface area contributed by atoms with Crippen LogP contribution in [0.5, 0.6) is 0 Å². The summed E-state index contributed by atoms with van der Waals surface area (Å²) in [6.07, 6.45) is 1.88. The number of halogens is 2. The molecular formula is C22H28F2N4O2. The minimum absolute atomic E-state index is 0.107. The second-order valence-corrected chi connectivity index (χ2v) is 7.89. The average molecular weight is 418 g/mol. The Morgan fingerprint density at radius 2 is 2.00 bits per heavy atom. The maximum absolute atomic E-state index is 14.7. The van der Waals surface area contributed by atoms with Crippen molar-refractivity contribution in [1.82, 2.24) is 19.7 Å². The van der Waals surface area contributed by atoms with Gasteiger partial charge in [0.05, 0.1) is 0 Å². The molecule has 1 aromatic heterocycles. The number of hydrogen-bond donors (Lipinski definition) is 1. The molecule has 3 rings (SSSR count). The number of hydrogen-bond acceptors (Lipinski definition) is 2. The molecule has 0 aliphatic carbocycles. The second-order valence-electron chi connectivity index (χ2n) is 7.89. The van der Waals surface area contributed by atoms with Crippen molar-refractivity contribution in [1.29, 1.82) is 0 Å². The van der Waals surface area contributed by atoms with Crippen LogP contribution in [0.3, 0.4) is 0 Å². The van der Waals surface area contributed by atoms with Crippen LogP contribution in [0.1, 0.15) is 38.1 Å². The lowest BCUT2D eigenvalue weighted by Gasteiger charge is -2.38. The van der Waals surface area contributed by atoms with Gasteiger partial charge in [0.15, 0.2) is 0 Å². The van der Waals surface area contributed by atoms with E-state index in [2.05, 4.69) is 5.32 Å². The van der Waals surface area contributed by atoms with Crippen LogP contribution in [0.2, 0.25) is 0 Å². The van der Waals surface area contributed by atoms with E-state index in [0.717, 1.165) is 11.8 Å². The van der Waals surface area contributed by atoms with E-state index >= 15 is 0 Å². The largest absolute Gasteiger partial charge is 0.348 e. The highest BCUT2D eigenvalue weighted by atomic mass is 19.1. The highest BCUT2D eigenvalue weighted by molar-refractivity contribution is 5.84. The maximum Gasteiger partial charge on any atom is 0.317 e. The van der Waals surface area contributed by atoms with Gasteiger partial charge in [-0.15, -0.1) is 0 Å². The first-order valence-corrected chi connectivity index (χ1v) is 10.2. The zero-order valence-electron chi connectivity index (χ0n) is 17.6. The van der Waals surface area contributed by atoms with Crippen LogP contribution in [0, 0.1) is 17.6 Å². The predicted octanol–water partition coefficient (Wildman–Crippen LogP) is 3.39. The van der Waals surface area contributed by atoms with Gasteiger partial charge in [0.2, 0.25) is 5.91 Å². The summed E-state index contributed by atoms with van der Waals surface area (Å²) in [6.45, 7) is 7.48. The number of amides is 3. The third-order valence-corrected chi connectivity index (χ3v) is 5.14. The second kappa shape index (κ2) is 9.28. The van der Waals surface area contributed by atoms with E-state index in [1.54, 1.807) is 4.90 Å². The Bertz CT molecular complexity index is 912. The Hall–Kier alpha value is -2.90. The molecule has 3 amide bonds. The zero-order chi connectivity index (χ0) is 21.8. The van der Waals surface area contributed by atoms with Gasteiger partial charge in [-0.3, -0.25) is 4.79 Å². The van der Waals surface area contributed by atoms with Crippen LogP contribution in [-0.2, 0) is 11.3 Å². The Kier molecular flexibility index (Phi) is 6.74. The number of nitrogens with one attached hydrogen (secondary N) is 1. The molecule has 2 heterocycles. The van der Waals surface area contributed by atoms with Crippen molar-refractivity contribution >= 4 is 11.9 Å². The van der Waals surface area contributed by atoms with E-state index in [9.17, 15) is 18.4 Å². The molecule has 6 nitrogen and oxygen atoms in total. The summed E-state index contributed by atoms with van der Waals surface area (Å²) in [7, 11) is 0. The van der Waals surface area contributed by atoms with Crippen LogP contribution in [0.25, 0.3) is 0 Å². The molecule has 0 bridgehead atoms. The minimum atomic E-state index is -0.699. The van der Waals surface area contributed by atoms with E-state index in [0.29, 0.717) is 26.2 Å². The van der Waals surface area contributed by atoms with Crippen LogP contribution in [0.15, 0.2) is 36.5 Å². The van der Waals surface area contributed by atoms with Crippen molar-refractivity contribution < 1.29 is 18.4 Å². The lowest BCUT2D eigenvalue weighted by molar-refractivity contribution is -0.134. The Labute approximate surface area is 175 Å². The molecule has 0 fully saturated rings. The van der Waals surface area contributed by atoms with Crippen LogP contribution in [0.4, 0.5) is 13.6 Å². The fraction of sp³-hybridized carbons (Fsp3) is 0.455. The van der Waals surface area contributed by atoms with E-state index in [4.69, 9.17) is 0 Å². The van der Waals surface area contributed by atoms with E-state index in [-0.39, 0.29) is 30.0 Å². The summed E-state index contributed by atoms with van der Waals surface area (Å²) in [5.74, 6) is -1.46. The van der Waals surface area contributed by atoms with Gasteiger partial charge in [0, 0.05) is 49.7 Å². The van der Waals surface area contributed by atoms with Gasteiger partial charge in [-0.1, -0.05) is 19.9 Å². The first kappa shape index (κ1) is 21.8. The van der Waals surface area contributed by atoms with Crippen LogP contribution in [-0.4, -0.2) is 52.5 Å². The first-order valence-electron chi connectivity index (χ1n) is 10.2. The van der Waals surface area contributed by atoms with Gasteiger partial charge in [0.1, 0.15) is 24.2 Å². The number of carbonyl (C=O) groups excluding carboxylic acids is 2. The van der Waals surface area contributed by atoms with Gasteiger partial charge < -0.3 is 19.7 Å². The number of carbonyl (C=O) groups is 2. The topological polar surface area (TPSA) is 57.6 Å². The third-order valence-electron chi connectivity index (χ3n) is 5.14. The number of urea groups is 1. The van der Waals surface area contributed by atoms with Crippen molar-refractivity contribution in [2.75, 3.05) is 26.2 Å². The molecule has 0 unspecified atom stereocenters. The van der Waals surface area contributed by atoms with E-state index in [1.807, 2.05) is 43.7 Å². The Morgan fingerprint density at radius 1 is 1.23 bits per heavy atom. The minimum Gasteiger partial charge on any atom is -0.348 e. The molecule has 1 N–H and O–H groups in total. The monoisotopic (exact) mass is 418 g/mol. The first-order chi connectivity index (χ1) is 14.3. The number of benzene rings is 1. The van der Waals surface area contributed by atoms with E-state index in [1.165, 1.54) is 17.0 Å². The number of fused-ring (bicyclic) bond motifs is 1. The summed E-state index contributed by atoms with van der Waals surface area (Å²) in [6, 6.07) is 6.11. The maximum atomic E-state index is 14.7. The summed E-state index contributed by atoms with van der Waals surface area (Å²) in [5, 5.41) is 2.74. The van der Waals surface area contributed by atoms with Gasteiger partial charge in [0.25, 0.3) is 0 Å². The summed E-state index contributed by atoms with van der Waals surface area (Å²) in [5.41, 5.74) is 0.992. The molecule has 8 heteroatoms. The van der Waals surface area contributed by atoms with Gasteiger partial charge in [-0.05, 0) is 31.0 Å². The molecule has 0 saturated carbocycles. The quantitative estimate of drug-likeness (QED) is 0.782. The van der Waals surface area contributed by atoms with Gasteiger partial charge >= 0.3 is 6.03 Å². The number of nitrogens with zero attached hydrogens (tertiary/aromatic N) is 3. The van der Waals surface area contributed by atoms with Crippen molar-refractivity contribution in [2.45, 2.75) is 33.4 Å². The molecule has 1 aliphatic rings. The molecule has 0 spiro atoms. The predicted molar refractivity (Wildman–Crippen MR) is 110 cm³/mol. The highest BCUT2D eigenvalue weighted by Crippen LogP contribution is 2.34. The van der Waals surface area contributed by atoms with Gasteiger partial charge in [-0.2, -0.15) is 0 Å². The van der Waals surface area contributed by atoms with Crippen molar-refractivity contribution in [3.05, 3.63) is 59.4 Å². The molecule has 162 valence electrons. The molecule has 1 aliphatic heterocycles. The number of aromatic nitrogens is 1. The zero-order valence-corrected chi connectivity index (χ0v) is 17.6. The van der Waals surface area contributed by atoms with Crippen molar-refractivity contribution in [3.63, 3.8) is 0 Å². The normalized spacial score (nSPS) is 15.8. The molecule has 2 aromatic rings. The molecular weight excluding hydrogens is 390 g/mol. The average Bonchev–Trinajstić information content (AvgIpc) is 3.15. The van der Waals surface area contributed by atoms with Gasteiger partial charge in [-0.25, -0.2) is 13.6 Å². The molecule has 1 aromatic carbocycles. The van der Waals surface area contributed by atoms with Crippen molar-refractivity contribution in [3.8, 4) is 0 Å². The fourth-order valence-corrected chi connectivity index (χ4v) is 3.88. The van der Waals surface area contributed by atoms with Crippen LogP contribution >= 0.6 is 0 Å². The molecule has 0 radical (unpaired) electrons. The molecule has 30 heavy (non-hydrogen) atoms. The molecule has 1 atom stereocenters. The molecule has 0 saturated heterocycles. The number of rotatable bonds is 6. The Morgan fingerprint density at radius 3 is 2.67 bits per heavy atom. The smallest absolute Gasteiger partial charge is 0.317 e. The van der Waals surface area contributed by atoms with Crippen molar-refractivity contribution in [2.24, 2.45) is 5.92 Å². The van der Waals surface area contributed by atoms with Crippen LogP contribution < -0.4 is 5.32 Å². The van der Waals surface area contributed by atoms with E-state index < -0.39 is 17.7 Å². The summed E-state index contributed by atoms with van der Waals surface area (Å²) in [4.78, 5) is 28.8. The summed E-state index contributed by atoms with van der Waals surface area (Å²) < 4.78 is 30.1. The standard InChI is InChI=1S/C22H28F2N4O2/c1-4-25-22(30)27(13-15(2)3)14-20(29)28-11-10-26-9-5-6-19(26)21(28)17-8-7-16(23)12-18(17)24/h5-9,12,15,21H,4,10-11,13-14H2,1-3H3,(H,25,30)/t21-/m1/s1. The summed E-state index contributed by atoms with van der Waals surface area (Å²) >= 11 is 0. The third kappa shape index (κ3) is 4.63. The SMILES string of the molecule is CCNC(=O)N(CC(=O)N1CCn2cccc2[C@H]1c1ccc(F)cc1F)CC(C)C. The lowest BCUT2D eigenvalue weighted by Crippen LogP contribution is -2.50. The highest BCUT2D eigenvalue weighted by Gasteiger charge is 2.35. The fourth-order valence-electron chi connectivity index (χ4n) is 3.88.